The van der Waals surface area contributed by atoms with Gasteiger partial charge in [-0.3, -0.25) is 19.0 Å². The van der Waals surface area contributed by atoms with Gasteiger partial charge < -0.3 is 43.1 Å². The number of hydrogen-bond acceptors (Lipinski definition) is 7. The molecule has 0 saturated heterocycles. The Morgan fingerprint density at radius 1 is 1.23 bits per heavy atom. The number of hydrogen-bond donors (Lipinski definition) is 1. The number of pyridine rings is 1. The first-order chi connectivity index (χ1) is 17.6. The van der Waals surface area contributed by atoms with Crippen molar-refractivity contribution in [2.45, 2.75) is 19.0 Å². The van der Waals surface area contributed by atoms with Crippen molar-refractivity contribution in [1.82, 2.24) is 25.1 Å². The maximum Gasteiger partial charge on any atom is 2.00 e. The summed E-state index contributed by atoms with van der Waals surface area (Å²) in [6.07, 6.45) is 4.37. The fourth-order valence-electron chi connectivity index (χ4n) is 3.38. The topological polar surface area (TPSA) is 122 Å². The van der Waals surface area contributed by atoms with Crippen LogP contribution in [0.5, 0.6) is 0 Å². The van der Waals surface area contributed by atoms with Gasteiger partial charge in [-0.1, -0.05) is 13.0 Å². The Hall–Kier alpha value is -2.44. The van der Waals surface area contributed by atoms with E-state index in [1.54, 1.807) is 6.07 Å². The number of carbonyl (C=O) groups is 3. The number of benzene rings is 1. The second kappa shape index (κ2) is 15.0. The standard InChI is InChI=1S/C26H23FN5O5.CH3.2U/c1-26(2,25(35)30-13-16-7-5-6-8-18(16)27)32(15-22(33)31(3)4)24(34)21-12-19-20(37-21)11-17(14-29-19)23-28-9-10-36-23;;;/h5-6,8-11,14H,1,13,15H2,2-4H3,(H,30,35);1H3;;/q-3;-1;2*+2. The van der Waals surface area contributed by atoms with Gasteiger partial charge in [0.2, 0.25) is 17.7 Å². The summed E-state index contributed by atoms with van der Waals surface area (Å²) < 4.78 is 24.9. The molecule has 0 aliphatic rings. The van der Waals surface area contributed by atoms with Crippen molar-refractivity contribution in [3.8, 4) is 11.5 Å². The zero-order chi connectivity index (χ0) is 26.7. The van der Waals surface area contributed by atoms with E-state index >= 15 is 0 Å². The molecule has 1 N–H and O–H groups in total. The van der Waals surface area contributed by atoms with Gasteiger partial charge in [0.1, 0.15) is 6.26 Å². The summed E-state index contributed by atoms with van der Waals surface area (Å²) in [5.74, 6) is -2.49. The fourth-order valence-corrected chi connectivity index (χ4v) is 3.38. The van der Waals surface area contributed by atoms with Crippen LogP contribution in [0, 0.1) is 94.5 Å². The van der Waals surface area contributed by atoms with Gasteiger partial charge in [0, 0.05) is 43.8 Å². The van der Waals surface area contributed by atoms with Gasteiger partial charge in [-0.25, -0.2) is 4.98 Å². The number of oxazole rings is 1. The zero-order valence-corrected chi connectivity index (χ0v) is 30.7. The van der Waals surface area contributed by atoms with Crippen molar-refractivity contribution >= 4 is 28.8 Å². The molecule has 0 spiro atoms. The molecule has 204 valence electrons. The van der Waals surface area contributed by atoms with Crippen molar-refractivity contribution < 1.29 is 89.8 Å². The van der Waals surface area contributed by atoms with Crippen molar-refractivity contribution in [1.29, 1.82) is 0 Å². The van der Waals surface area contributed by atoms with E-state index in [1.807, 2.05) is 0 Å². The molecule has 4 rings (SSSR count). The summed E-state index contributed by atoms with van der Waals surface area (Å²) in [7, 11) is 3.03. The minimum Gasteiger partial charge on any atom is -0.533 e. The smallest absolute Gasteiger partial charge is 0.533 e. The molecule has 10 nitrogen and oxygen atoms in total. The van der Waals surface area contributed by atoms with Crippen LogP contribution in [-0.4, -0.2) is 63.7 Å². The van der Waals surface area contributed by atoms with E-state index in [-0.39, 0.29) is 98.6 Å². The number of halogens is 1. The van der Waals surface area contributed by atoms with Gasteiger partial charge in [-0.05, 0) is 11.1 Å². The van der Waals surface area contributed by atoms with E-state index in [2.05, 4.69) is 34.3 Å². The third kappa shape index (κ3) is 7.85. The Labute approximate surface area is 279 Å². The van der Waals surface area contributed by atoms with Crippen LogP contribution in [0.25, 0.3) is 22.6 Å². The molecular formula is C27H26FN5O5U2. The molecule has 3 amide bonds. The average molecular weight is 996 g/mol. The van der Waals surface area contributed by atoms with E-state index in [4.69, 9.17) is 8.83 Å². The minimum atomic E-state index is -1.78. The van der Waals surface area contributed by atoms with Crippen LogP contribution in [0.4, 0.5) is 4.39 Å². The zero-order valence-electron chi connectivity index (χ0n) is 22.4. The number of nitrogens with one attached hydrogen (secondary N) is 1. The van der Waals surface area contributed by atoms with Gasteiger partial charge >= 0.3 is 62.2 Å². The second-order valence-electron chi connectivity index (χ2n) is 8.60. The van der Waals surface area contributed by atoms with Crippen LogP contribution < -0.4 is 5.32 Å². The van der Waals surface area contributed by atoms with Crippen molar-refractivity contribution in [3.05, 3.63) is 86.5 Å². The van der Waals surface area contributed by atoms with Gasteiger partial charge in [-0.2, -0.15) is 18.2 Å². The van der Waals surface area contributed by atoms with E-state index in [0.29, 0.717) is 11.5 Å². The Bertz CT molecular complexity index is 1460. The number of nitrogens with zero attached hydrogens (tertiary/aromatic N) is 4. The average Bonchev–Trinajstić information content (AvgIpc) is 3.55. The van der Waals surface area contributed by atoms with E-state index in [0.717, 1.165) is 4.90 Å². The van der Waals surface area contributed by atoms with Gasteiger partial charge in [0.05, 0.1) is 18.5 Å². The summed E-state index contributed by atoms with van der Waals surface area (Å²) in [4.78, 5) is 49.8. The second-order valence-corrected chi connectivity index (χ2v) is 8.60. The summed E-state index contributed by atoms with van der Waals surface area (Å²) in [6, 6.07) is 11.3. The molecule has 0 aliphatic heterocycles. The number of likely N-dealkylation sites (N-methyl/N-ethyl adjacent to an activating group) is 1. The van der Waals surface area contributed by atoms with Crippen LogP contribution in [0.3, 0.4) is 0 Å². The third-order valence-corrected chi connectivity index (χ3v) is 5.60. The maximum absolute atomic E-state index is 14.0. The molecule has 4 aromatic rings. The molecule has 13 heteroatoms. The van der Waals surface area contributed by atoms with Crippen LogP contribution in [0.1, 0.15) is 23.0 Å². The molecule has 1 aromatic carbocycles. The molecule has 0 saturated carbocycles. The summed E-state index contributed by atoms with van der Waals surface area (Å²) in [5, 5.41) is 2.56. The van der Waals surface area contributed by atoms with Crippen molar-refractivity contribution in [2.24, 2.45) is 0 Å². The summed E-state index contributed by atoms with van der Waals surface area (Å²) >= 11 is 0. The van der Waals surface area contributed by atoms with E-state index in [1.165, 1.54) is 62.8 Å². The van der Waals surface area contributed by atoms with Gasteiger partial charge in [0.15, 0.2) is 5.91 Å². The van der Waals surface area contributed by atoms with Crippen LogP contribution in [0.15, 0.2) is 51.8 Å². The molecule has 1 unspecified atom stereocenters. The summed E-state index contributed by atoms with van der Waals surface area (Å²) in [6.45, 7) is 4.59. The predicted octanol–water partition coefficient (Wildman–Crippen LogP) is 3.11. The quantitative estimate of drug-likeness (QED) is 0.270. The Balaban J connectivity index is 0.00000267. The van der Waals surface area contributed by atoms with E-state index in [9.17, 15) is 18.8 Å². The number of carbonyl (C=O) groups excluding carboxylic acids is 3. The largest absolute Gasteiger partial charge is 2.00 e. The number of rotatable bonds is 8. The maximum atomic E-state index is 14.0. The fraction of sp³-hybridized carbons (Fsp3) is 0.222. The molecule has 1 atom stereocenters. The van der Waals surface area contributed by atoms with Crippen molar-refractivity contribution in [3.63, 3.8) is 0 Å². The molecule has 3 aromatic heterocycles. The molecule has 40 heavy (non-hydrogen) atoms. The first-order valence-corrected chi connectivity index (χ1v) is 11.1. The normalized spacial score (nSPS) is 11.7. The first kappa shape index (κ1) is 35.6. The Morgan fingerprint density at radius 3 is 2.58 bits per heavy atom. The summed E-state index contributed by atoms with van der Waals surface area (Å²) in [5.41, 5.74) is -0.652. The third-order valence-electron chi connectivity index (χ3n) is 5.60. The molecular weight excluding hydrogens is 969 g/mol. The molecule has 0 radical (unpaired) electrons. The number of fused-ring (bicyclic) bond motifs is 1. The number of aromatic nitrogens is 2. The first-order valence-electron chi connectivity index (χ1n) is 11.1. The Morgan fingerprint density at radius 2 is 1.95 bits per heavy atom. The molecule has 0 aliphatic carbocycles. The molecule has 0 bridgehead atoms. The molecule has 3 heterocycles. The van der Waals surface area contributed by atoms with Gasteiger partial charge in [0.25, 0.3) is 0 Å². The van der Waals surface area contributed by atoms with Crippen LogP contribution >= 0.6 is 0 Å². The SMILES string of the molecule is [CH2-]C(C)(C(=O)NCc1[c-]cccc1F)N(CC(=O)N(C)C)C(=O)c1[c-]c2ncc(-c3ncco3)cc2o1.[CH3-].[U+2].[U+2]. The van der Waals surface area contributed by atoms with Gasteiger partial charge in [-0.15, -0.1) is 17.7 Å². The van der Waals surface area contributed by atoms with E-state index < -0.39 is 35.6 Å². The number of amides is 3. The van der Waals surface area contributed by atoms with Crippen LogP contribution in [0.2, 0.25) is 0 Å². The Kier molecular flexibility index (Phi) is 13.3. The molecule has 0 fully saturated rings. The minimum absolute atomic E-state index is 0. The number of furan rings is 1. The predicted molar refractivity (Wildman–Crippen MR) is 135 cm³/mol. The monoisotopic (exact) mass is 995 g/mol. The van der Waals surface area contributed by atoms with Crippen molar-refractivity contribution in [2.75, 3.05) is 20.6 Å². The van der Waals surface area contributed by atoms with Crippen LogP contribution in [-0.2, 0) is 16.1 Å².